The van der Waals surface area contributed by atoms with Gasteiger partial charge in [-0.3, -0.25) is 0 Å². The zero-order valence-corrected chi connectivity index (χ0v) is 20.5. The second-order valence-electron chi connectivity index (χ2n) is 7.93. The number of aromatic nitrogens is 2. The van der Waals surface area contributed by atoms with Gasteiger partial charge in [0.25, 0.3) is 0 Å². The van der Waals surface area contributed by atoms with Crippen molar-refractivity contribution < 1.29 is 29.3 Å². The maximum atomic E-state index is 9.10. The number of rotatable bonds is 10. The summed E-state index contributed by atoms with van der Waals surface area (Å²) in [4.78, 5) is 22.8. The second-order valence-corrected chi connectivity index (χ2v) is 7.93. The maximum absolute atomic E-state index is 9.10. The average molecular weight is 484 g/mol. The second kappa shape index (κ2) is 13.8. The summed E-state index contributed by atoms with van der Waals surface area (Å²) in [5.41, 5.74) is 4.75. The molecule has 0 radical (unpaired) electrons. The van der Waals surface area contributed by atoms with E-state index in [1.165, 1.54) is 11.1 Å². The van der Waals surface area contributed by atoms with E-state index in [1.807, 2.05) is 25.3 Å². The molecule has 188 valence electrons. The van der Waals surface area contributed by atoms with Gasteiger partial charge < -0.3 is 29.6 Å². The van der Waals surface area contributed by atoms with Crippen molar-refractivity contribution in [1.82, 2.24) is 9.55 Å². The topological polar surface area (TPSA) is 123 Å². The van der Waals surface area contributed by atoms with Gasteiger partial charge in [0.05, 0.1) is 25.1 Å². The number of ether oxygens (including phenoxy) is 2. The molecule has 3 aromatic rings. The van der Waals surface area contributed by atoms with E-state index in [0.717, 1.165) is 36.0 Å². The standard InChI is InChI=1S/C24H31N3O2.C2H2O4/c1-5-29-22-12-10-21(11-13-22)23-17-26-24(27(23)14-15-28-4)25-16-19-6-8-20(9-7-19)18(2)3;3-1(4)2(5)6/h6-13,17-18H,5,14-16H2,1-4H3,(H,25,26);(H,3,4)(H,5,6). The SMILES string of the molecule is CCOc1ccc(-c2cnc(NCc3ccc(C(C)C)cc3)n2CCOC)cc1.O=C(O)C(=O)O. The lowest BCUT2D eigenvalue weighted by atomic mass is 10.0. The quantitative estimate of drug-likeness (QED) is 0.361. The Hall–Kier alpha value is -3.85. The van der Waals surface area contributed by atoms with Gasteiger partial charge >= 0.3 is 11.9 Å². The van der Waals surface area contributed by atoms with Crippen LogP contribution in [-0.2, 0) is 27.4 Å². The summed E-state index contributed by atoms with van der Waals surface area (Å²) in [6.45, 7) is 9.15. The van der Waals surface area contributed by atoms with Crippen LogP contribution in [0.1, 0.15) is 37.8 Å². The van der Waals surface area contributed by atoms with Crippen molar-refractivity contribution in [1.29, 1.82) is 0 Å². The van der Waals surface area contributed by atoms with Crippen molar-refractivity contribution in [2.45, 2.75) is 39.8 Å². The minimum absolute atomic E-state index is 0.543. The molecule has 9 nitrogen and oxygen atoms in total. The summed E-state index contributed by atoms with van der Waals surface area (Å²) in [5, 5.41) is 18.3. The van der Waals surface area contributed by atoms with Crippen LogP contribution in [0.25, 0.3) is 11.3 Å². The van der Waals surface area contributed by atoms with E-state index >= 15 is 0 Å². The molecule has 0 aliphatic rings. The molecule has 0 amide bonds. The molecule has 2 aromatic carbocycles. The number of imidazole rings is 1. The maximum Gasteiger partial charge on any atom is 0.414 e. The number of hydrogen-bond acceptors (Lipinski definition) is 6. The molecule has 0 atom stereocenters. The van der Waals surface area contributed by atoms with Gasteiger partial charge in [-0.25, -0.2) is 14.6 Å². The Labute approximate surface area is 205 Å². The Bertz CT molecular complexity index is 1060. The van der Waals surface area contributed by atoms with Crippen molar-refractivity contribution in [2.24, 2.45) is 0 Å². The van der Waals surface area contributed by atoms with E-state index in [4.69, 9.17) is 29.3 Å². The number of benzene rings is 2. The fourth-order valence-electron chi connectivity index (χ4n) is 3.25. The summed E-state index contributed by atoms with van der Waals surface area (Å²) in [6.07, 6.45) is 1.91. The van der Waals surface area contributed by atoms with Crippen LogP contribution in [0, 0.1) is 0 Å². The summed E-state index contributed by atoms with van der Waals surface area (Å²) < 4.78 is 13.0. The monoisotopic (exact) mass is 483 g/mol. The zero-order chi connectivity index (χ0) is 25.8. The zero-order valence-electron chi connectivity index (χ0n) is 20.5. The highest BCUT2D eigenvalue weighted by Crippen LogP contribution is 2.26. The molecule has 0 spiro atoms. The normalized spacial score (nSPS) is 10.4. The van der Waals surface area contributed by atoms with Gasteiger partial charge in [-0.05, 0) is 48.2 Å². The predicted octanol–water partition coefficient (Wildman–Crippen LogP) is 4.49. The first kappa shape index (κ1) is 27.4. The molecule has 0 fully saturated rings. The number of aliphatic carboxylic acids is 2. The molecule has 1 aromatic heterocycles. The molecule has 0 aliphatic heterocycles. The lowest BCUT2D eigenvalue weighted by Crippen LogP contribution is -2.11. The molecule has 0 aliphatic carbocycles. The van der Waals surface area contributed by atoms with Gasteiger partial charge in [-0.1, -0.05) is 38.1 Å². The van der Waals surface area contributed by atoms with Crippen molar-refractivity contribution in [3.05, 3.63) is 65.9 Å². The van der Waals surface area contributed by atoms with E-state index in [-0.39, 0.29) is 0 Å². The Morgan fingerprint density at radius 2 is 1.66 bits per heavy atom. The summed E-state index contributed by atoms with van der Waals surface area (Å²) in [6, 6.07) is 16.9. The van der Waals surface area contributed by atoms with Gasteiger partial charge in [-0.2, -0.15) is 0 Å². The number of carboxylic acid groups (broad SMARTS) is 2. The highest BCUT2D eigenvalue weighted by Gasteiger charge is 2.12. The van der Waals surface area contributed by atoms with Crippen LogP contribution >= 0.6 is 0 Å². The summed E-state index contributed by atoms with van der Waals surface area (Å²) >= 11 is 0. The Morgan fingerprint density at radius 3 is 2.17 bits per heavy atom. The van der Waals surface area contributed by atoms with Crippen LogP contribution in [0.5, 0.6) is 5.75 Å². The van der Waals surface area contributed by atoms with E-state index in [9.17, 15) is 0 Å². The minimum atomic E-state index is -1.82. The third-order valence-electron chi connectivity index (χ3n) is 5.12. The first-order valence-electron chi connectivity index (χ1n) is 11.3. The van der Waals surface area contributed by atoms with Crippen LogP contribution in [0.4, 0.5) is 5.95 Å². The summed E-state index contributed by atoms with van der Waals surface area (Å²) in [5.74, 6) is -1.38. The van der Waals surface area contributed by atoms with Crippen molar-refractivity contribution in [2.75, 3.05) is 25.6 Å². The first-order valence-corrected chi connectivity index (χ1v) is 11.3. The summed E-state index contributed by atoms with van der Waals surface area (Å²) in [7, 11) is 1.72. The Morgan fingerprint density at radius 1 is 1.03 bits per heavy atom. The molecule has 0 saturated carbocycles. The number of methoxy groups -OCH3 is 1. The lowest BCUT2D eigenvalue weighted by Gasteiger charge is -2.14. The minimum Gasteiger partial charge on any atom is -0.494 e. The molecule has 0 bridgehead atoms. The fourth-order valence-corrected chi connectivity index (χ4v) is 3.25. The van der Waals surface area contributed by atoms with E-state index in [0.29, 0.717) is 19.1 Å². The number of nitrogens with zero attached hydrogens (tertiary/aromatic N) is 2. The number of hydrogen-bond donors (Lipinski definition) is 3. The molecule has 35 heavy (non-hydrogen) atoms. The highest BCUT2D eigenvalue weighted by molar-refractivity contribution is 6.27. The van der Waals surface area contributed by atoms with Crippen molar-refractivity contribution >= 4 is 17.9 Å². The molecule has 0 saturated heterocycles. The fraction of sp³-hybridized carbons (Fsp3) is 0.346. The van der Waals surface area contributed by atoms with Crippen molar-refractivity contribution in [3.63, 3.8) is 0 Å². The Kier molecular flexibility index (Phi) is 10.8. The third-order valence-corrected chi connectivity index (χ3v) is 5.12. The van der Waals surface area contributed by atoms with Crippen LogP contribution in [0.15, 0.2) is 54.7 Å². The number of anilines is 1. The van der Waals surface area contributed by atoms with Gasteiger partial charge in [0, 0.05) is 25.8 Å². The van der Waals surface area contributed by atoms with Gasteiger partial charge in [0.15, 0.2) is 0 Å². The molecular weight excluding hydrogens is 450 g/mol. The van der Waals surface area contributed by atoms with Crippen LogP contribution in [0.2, 0.25) is 0 Å². The Balaban J connectivity index is 0.000000641. The van der Waals surface area contributed by atoms with Crippen LogP contribution in [-0.4, -0.2) is 52.0 Å². The molecule has 0 unspecified atom stereocenters. The van der Waals surface area contributed by atoms with E-state index < -0.39 is 11.9 Å². The van der Waals surface area contributed by atoms with E-state index in [1.54, 1.807) is 7.11 Å². The van der Waals surface area contributed by atoms with Gasteiger partial charge in [-0.15, -0.1) is 0 Å². The van der Waals surface area contributed by atoms with Gasteiger partial charge in [0.1, 0.15) is 5.75 Å². The lowest BCUT2D eigenvalue weighted by molar-refractivity contribution is -0.159. The number of carboxylic acids is 2. The third kappa shape index (κ3) is 8.46. The molecule has 1 heterocycles. The van der Waals surface area contributed by atoms with Crippen molar-refractivity contribution in [3.8, 4) is 17.0 Å². The average Bonchev–Trinajstić information content (AvgIpc) is 3.25. The molecule has 9 heteroatoms. The molecule has 3 N–H and O–H groups in total. The number of nitrogens with one attached hydrogen (secondary N) is 1. The highest BCUT2D eigenvalue weighted by atomic mass is 16.5. The first-order chi connectivity index (χ1) is 16.8. The van der Waals surface area contributed by atoms with Gasteiger partial charge in [0.2, 0.25) is 5.95 Å². The molecular formula is C26H33N3O6. The van der Waals surface area contributed by atoms with Crippen LogP contribution < -0.4 is 10.1 Å². The number of carbonyl (C=O) groups is 2. The molecule has 3 rings (SSSR count). The van der Waals surface area contributed by atoms with E-state index in [2.05, 4.69) is 65.1 Å². The predicted molar refractivity (Wildman–Crippen MR) is 134 cm³/mol. The van der Waals surface area contributed by atoms with Crippen LogP contribution in [0.3, 0.4) is 0 Å². The smallest absolute Gasteiger partial charge is 0.414 e. The largest absolute Gasteiger partial charge is 0.494 e.